The van der Waals surface area contributed by atoms with Gasteiger partial charge in [0.1, 0.15) is 10.6 Å². The zero-order chi connectivity index (χ0) is 17.0. The van der Waals surface area contributed by atoms with Crippen LogP contribution in [0, 0.1) is 0 Å². The maximum absolute atomic E-state index is 11.9. The molecule has 1 heterocycles. The van der Waals surface area contributed by atoms with Crippen LogP contribution in [0.3, 0.4) is 0 Å². The van der Waals surface area contributed by atoms with E-state index in [0.29, 0.717) is 5.46 Å². The van der Waals surface area contributed by atoms with Crippen LogP contribution in [-0.2, 0) is 19.3 Å². The summed E-state index contributed by atoms with van der Waals surface area (Å²) in [5.41, 5.74) is -0.486. The van der Waals surface area contributed by atoms with Crippen LogP contribution >= 0.6 is 0 Å². The smallest absolute Gasteiger partial charge is 0.489 e. The average Bonchev–Trinajstić information content (AvgIpc) is 3.16. The largest absolute Gasteiger partial charge is 0.498 e. The number of benzene rings is 1. The normalized spacial score (nSPS) is 23.1. The lowest BCUT2D eigenvalue weighted by Crippen LogP contribution is -2.41. The third kappa shape index (κ3) is 3.13. The molecule has 0 radical (unpaired) electrons. The fraction of sp³-hybridized carbons (Fsp3) is 0.600. The van der Waals surface area contributed by atoms with Crippen LogP contribution in [0.4, 0.5) is 0 Å². The van der Waals surface area contributed by atoms with Crippen molar-refractivity contribution in [1.29, 1.82) is 0 Å². The van der Waals surface area contributed by atoms with Crippen molar-refractivity contribution < 1.29 is 22.5 Å². The average molecular weight is 339 g/mol. The van der Waals surface area contributed by atoms with Crippen LogP contribution in [0.25, 0.3) is 0 Å². The van der Waals surface area contributed by atoms with E-state index in [4.69, 9.17) is 19.2 Å². The summed E-state index contributed by atoms with van der Waals surface area (Å²) in [5, 5.41) is 5.34. The number of hydrogen-bond acceptors (Lipinski definition) is 5. The van der Waals surface area contributed by atoms with Crippen molar-refractivity contribution >= 4 is 22.6 Å². The van der Waals surface area contributed by atoms with Crippen molar-refractivity contribution in [2.45, 2.75) is 62.7 Å². The minimum atomic E-state index is -3.90. The zero-order valence-electron chi connectivity index (χ0n) is 13.8. The van der Waals surface area contributed by atoms with Gasteiger partial charge in [-0.2, -0.15) is 0 Å². The minimum Gasteiger partial charge on any atom is -0.489 e. The Bertz CT molecular complexity index is 711. The van der Waals surface area contributed by atoms with Crippen molar-refractivity contribution in [3.05, 3.63) is 18.2 Å². The predicted octanol–water partition coefficient (Wildman–Crippen LogP) is 1.17. The number of nitrogens with two attached hydrogens (primary N) is 1. The fourth-order valence-corrected chi connectivity index (χ4v) is 3.08. The monoisotopic (exact) mass is 339 g/mol. The van der Waals surface area contributed by atoms with Crippen LogP contribution in [0.1, 0.15) is 40.5 Å². The molecule has 23 heavy (non-hydrogen) atoms. The molecule has 1 aromatic carbocycles. The lowest BCUT2D eigenvalue weighted by Gasteiger charge is -2.32. The Hall–Kier alpha value is -1.09. The van der Waals surface area contributed by atoms with Gasteiger partial charge in [0.25, 0.3) is 0 Å². The Labute approximate surface area is 137 Å². The second-order valence-electron chi connectivity index (χ2n) is 7.12. The Balaban J connectivity index is 2.06. The number of primary sulfonamides is 1. The van der Waals surface area contributed by atoms with Crippen molar-refractivity contribution in [3.63, 3.8) is 0 Å². The van der Waals surface area contributed by atoms with Gasteiger partial charge in [0.05, 0.1) is 17.3 Å². The molecular formula is C15H22BNO5S. The number of hydrogen-bond donors (Lipinski definition) is 1. The molecule has 1 aliphatic heterocycles. The number of ether oxygens (including phenoxy) is 1. The first kappa shape index (κ1) is 16.8. The van der Waals surface area contributed by atoms with Crippen molar-refractivity contribution in [2.75, 3.05) is 0 Å². The highest BCUT2D eigenvalue weighted by atomic mass is 32.2. The molecule has 2 aliphatic rings. The lowest BCUT2D eigenvalue weighted by molar-refractivity contribution is 0.00578. The van der Waals surface area contributed by atoms with E-state index in [-0.39, 0.29) is 16.7 Å². The molecule has 126 valence electrons. The van der Waals surface area contributed by atoms with Crippen LogP contribution in [0.5, 0.6) is 5.75 Å². The molecule has 2 N–H and O–H groups in total. The summed E-state index contributed by atoms with van der Waals surface area (Å²) < 4.78 is 41.7. The van der Waals surface area contributed by atoms with Crippen LogP contribution in [-0.4, -0.2) is 32.8 Å². The molecule has 8 heteroatoms. The highest BCUT2D eigenvalue weighted by molar-refractivity contribution is 7.89. The van der Waals surface area contributed by atoms with Crippen LogP contribution in [0.15, 0.2) is 23.1 Å². The first-order chi connectivity index (χ1) is 10.5. The third-order valence-electron chi connectivity index (χ3n) is 4.63. The molecule has 0 aromatic heterocycles. The van der Waals surface area contributed by atoms with Crippen molar-refractivity contribution in [2.24, 2.45) is 5.14 Å². The Kier molecular flexibility index (Phi) is 3.79. The van der Waals surface area contributed by atoms with Gasteiger partial charge in [-0.1, -0.05) is 12.1 Å². The molecule has 0 bridgehead atoms. The lowest BCUT2D eigenvalue weighted by atomic mass is 9.78. The highest BCUT2D eigenvalue weighted by Gasteiger charge is 2.53. The molecule has 1 aromatic rings. The second-order valence-corrected chi connectivity index (χ2v) is 8.65. The van der Waals surface area contributed by atoms with E-state index < -0.39 is 28.3 Å². The molecule has 0 amide bonds. The van der Waals surface area contributed by atoms with Crippen LogP contribution in [0.2, 0.25) is 0 Å². The molecule has 6 nitrogen and oxygen atoms in total. The highest BCUT2D eigenvalue weighted by Crippen LogP contribution is 2.38. The first-order valence-corrected chi connectivity index (χ1v) is 9.24. The van der Waals surface area contributed by atoms with Crippen molar-refractivity contribution in [1.82, 2.24) is 0 Å². The SMILES string of the molecule is CC1(C)OB(c2cccc(S(N)(=O)=O)c2OC2CC2)OC1(C)C. The molecule has 1 aliphatic carbocycles. The van der Waals surface area contributed by atoms with Gasteiger partial charge < -0.3 is 14.0 Å². The first-order valence-electron chi connectivity index (χ1n) is 7.69. The topological polar surface area (TPSA) is 87.9 Å². The molecule has 1 saturated heterocycles. The summed E-state index contributed by atoms with van der Waals surface area (Å²) in [4.78, 5) is -0.0309. The Morgan fingerprint density at radius 2 is 1.74 bits per heavy atom. The van der Waals surface area contributed by atoms with E-state index in [0.717, 1.165) is 12.8 Å². The van der Waals surface area contributed by atoms with E-state index in [1.54, 1.807) is 12.1 Å². The van der Waals surface area contributed by atoms with Crippen molar-refractivity contribution in [3.8, 4) is 5.75 Å². The second kappa shape index (κ2) is 5.21. The van der Waals surface area contributed by atoms with Crippen LogP contribution < -0.4 is 15.3 Å². The Morgan fingerprint density at radius 1 is 1.17 bits per heavy atom. The van der Waals surface area contributed by atoms with Gasteiger partial charge in [-0.25, -0.2) is 13.6 Å². The molecule has 2 fully saturated rings. The van der Waals surface area contributed by atoms with Gasteiger partial charge in [0.2, 0.25) is 10.0 Å². The van der Waals surface area contributed by atoms with E-state index in [2.05, 4.69) is 0 Å². The molecule has 1 saturated carbocycles. The predicted molar refractivity (Wildman–Crippen MR) is 87.2 cm³/mol. The summed E-state index contributed by atoms with van der Waals surface area (Å²) in [6, 6.07) is 4.83. The molecule has 3 rings (SSSR count). The fourth-order valence-electron chi connectivity index (χ4n) is 2.39. The summed E-state index contributed by atoms with van der Waals surface area (Å²) in [6.07, 6.45) is 1.84. The molecular weight excluding hydrogens is 317 g/mol. The maximum atomic E-state index is 11.9. The zero-order valence-corrected chi connectivity index (χ0v) is 14.6. The standard InChI is InChI=1S/C15H22BNO5S/c1-14(2)15(3,4)22-16(21-14)11-6-5-7-12(23(17,18)19)13(11)20-10-8-9-10/h5-7,10H,8-9H2,1-4H3,(H2,17,18,19). The van der Waals surface area contributed by atoms with E-state index in [1.165, 1.54) is 6.07 Å². The van der Waals surface area contributed by atoms with Gasteiger partial charge >= 0.3 is 7.12 Å². The van der Waals surface area contributed by atoms with Gasteiger partial charge in [0.15, 0.2) is 0 Å². The molecule has 0 atom stereocenters. The van der Waals surface area contributed by atoms with Gasteiger partial charge in [-0.15, -0.1) is 0 Å². The van der Waals surface area contributed by atoms with Gasteiger partial charge in [-0.3, -0.25) is 0 Å². The third-order valence-corrected chi connectivity index (χ3v) is 5.57. The summed E-state index contributed by atoms with van der Waals surface area (Å²) >= 11 is 0. The number of para-hydroxylation sites is 1. The Morgan fingerprint density at radius 3 is 2.22 bits per heavy atom. The summed E-state index contributed by atoms with van der Waals surface area (Å²) in [7, 11) is -4.60. The van der Waals surface area contributed by atoms with Gasteiger partial charge in [0, 0.05) is 5.46 Å². The number of rotatable bonds is 4. The van der Waals surface area contributed by atoms with E-state index >= 15 is 0 Å². The maximum Gasteiger partial charge on any atom is 0.498 e. The summed E-state index contributed by atoms with van der Waals surface area (Å²) in [5.74, 6) is 0.246. The minimum absolute atomic E-state index is 0.0269. The molecule has 0 unspecified atom stereocenters. The van der Waals surface area contributed by atoms with Gasteiger partial charge in [-0.05, 0) is 46.6 Å². The van der Waals surface area contributed by atoms with E-state index in [1.807, 2.05) is 27.7 Å². The van der Waals surface area contributed by atoms with E-state index in [9.17, 15) is 8.42 Å². The molecule has 0 spiro atoms. The quantitative estimate of drug-likeness (QED) is 0.832. The summed E-state index contributed by atoms with van der Waals surface area (Å²) in [6.45, 7) is 7.77. The number of sulfonamides is 1.